The number of H-pyrrole nitrogens is 1. The van der Waals surface area contributed by atoms with E-state index in [1.165, 1.54) is 6.20 Å². The minimum atomic E-state index is -0.197. The average Bonchev–Trinajstić information content (AvgIpc) is 2.74. The summed E-state index contributed by atoms with van der Waals surface area (Å²) in [6.45, 7) is 3.82. The molecule has 18 heavy (non-hydrogen) atoms. The third kappa shape index (κ3) is 2.34. The number of ether oxygens (including phenoxy) is 1. The maximum Gasteiger partial charge on any atom is 0.202 e. The largest absolute Gasteiger partial charge is 0.490 e. The number of ketones is 1. The Morgan fingerprint density at radius 2 is 2.06 bits per heavy atom. The zero-order valence-electron chi connectivity index (χ0n) is 10.3. The number of nitrogen functional groups attached to an aromatic ring is 1. The molecule has 1 aromatic carbocycles. The second kappa shape index (κ2) is 4.91. The first-order valence-corrected chi connectivity index (χ1v) is 5.69. The zero-order valence-corrected chi connectivity index (χ0v) is 10.3. The highest BCUT2D eigenvalue weighted by Gasteiger charge is 2.18. The molecule has 0 atom stereocenters. The van der Waals surface area contributed by atoms with Crippen molar-refractivity contribution in [2.75, 3.05) is 5.73 Å². The predicted molar refractivity (Wildman–Crippen MR) is 68.6 cm³/mol. The quantitative estimate of drug-likeness (QED) is 0.807. The Morgan fingerprint density at radius 3 is 2.67 bits per heavy atom. The number of nitrogens with one attached hydrogen (secondary N) is 1. The Hall–Kier alpha value is -2.30. The number of anilines is 1. The molecule has 0 saturated heterocycles. The number of carbonyl (C=O) groups excluding carboxylic acids is 1. The van der Waals surface area contributed by atoms with Crippen LogP contribution in [0, 0.1) is 0 Å². The van der Waals surface area contributed by atoms with Crippen molar-refractivity contribution in [2.45, 2.75) is 20.0 Å². The molecular formula is C13H15N3O2. The van der Waals surface area contributed by atoms with Gasteiger partial charge in [-0.15, -0.1) is 0 Å². The van der Waals surface area contributed by atoms with Gasteiger partial charge < -0.3 is 10.5 Å². The van der Waals surface area contributed by atoms with Crippen LogP contribution < -0.4 is 10.5 Å². The van der Waals surface area contributed by atoms with Crippen molar-refractivity contribution in [1.29, 1.82) is 0 Å². The first-order chi connectivity index (χ1) is 8.59. The minimum absolute atomic E-state index is 0.000599. The summed E-state index contributed by atoms with van der Waals surface area (Å²) in [5.74, 6) is 0.620. The molecular weight excluding hydrogens is 230 g/mol. The number of para-hydroxylation sites is 1. The molecule has 2 aromatic rings. The van der Waals surface area contributed by atoms with E-state index in [1.807, 2.05) is 19.9 Å². The van der Waals surface area contributed by atoms with Crippen LogP contribution in [0.15, 0.2) is 30.5 Å². The molecule has 0 spiro atoms. The lowest BCUT2D eigenvalue weighted by atomic mass is 10.0. The summed E-state index contributed by atoms with van der Waals surface area (Å²) in [5, 5.41) is 6.29. The SMILES string of the molecule is CC(C)Oc1ccccc1C(=O)c1cn[nH]c1N. The minimum Gasteiger partial charge on any atom is -0.490 e. The van der Waals surface area contributed by atoms with Gasteiger partial charge in [-0.3, -0.25) is 9.89 Å². The molecule has 0 saturated carbocycles. The molecule has 5 heteroatoms. The molecule has 5 nitrogen and oxygen atoms in total. The van der Waals surface area contributed by atoms with Crippen LogP contribution in [0.2, 0.25) is 0 Å². The lowest BCUT2D eigenvalue weighted by molar-refractivity contribution is 0.103. The lowest BCUT2D eigenvalue weighted by Crippen LogP contribution is -2.11. The fourth-order valence-corrected chi connectivity index (χ4v) is 1.63. The van der Waals surface area contributed by atoms with Crippen LogP contribution in [0.25, 0.3) is 0 Å². The van der Waals surface area contributed by atoms with Crippen LogP contribution in [0.5, 0.6) is 5.75 Å². The van der Waals surface area contributed by atoms with Crippen LogP contribution in [0.4, 0.5) is 5.82 Å². The first kappa shape index (κ1) is 12.2. The topological polar surface area (TPSA) is 81.0 Å². The molecule has 0 unspecified atom stereocenters. The summed E-state index contributed by atoms with van der Waals surface area (Å²) < 4.78 is 5.61. The number of hydrogen-bond acceptors (Lipinski definition) is 4. The summed E-state index contributed by atoms with van der Waals surface area (Å²) in [5.41, 5.74) is 6.49. The van der Waals surface area contributed by atoms with Gasteiger partial charge in [0, 0.05) is 0 Å². The second-order valence-corrected chi connectivity index (χ2v) is 4.19. The molecule has 0 amide bonds. The molecule has 2 rings (SSSR count). The summed E-state index contributed by atoms with van der Waals surface area (Å²) in [7, 11) is 0. The molecule has 0 radical (unpaired) electrons. The maximum atomic E-state index is 12.3. The number of hydrogen-bond donors (Lipinski definition) is 2. The van der Waals surface area contributed by atoms with E-state index in [0.29, 0.717) is 16.9 Å². The Bertz CT molecular complexity index is 561. The number of aromatic amines is 1. The van der Waals surface area contributed by atoms with Gasteiger partial charge in [0.15, 0.2) is 0 Å². The molecule has 1 aromatic heterocycles. The summed E-state index contributed by atoms with van der Waals surface area (Å²) in [6.07, 6.45) is 1.42. The number of aromatic nitrogens is 2. The van der Waals surface area contributed by atoms with E-state index < -0.39 is 0 Å². The Balaban J connectivity index is 2.39. The van der Waals surface area contributed by atoms with E-state index in [2.05, 4.69) is 10.2 Å². The number of benzene rings is 1. The van der Waals surface area contributed by atoms with Gasteiger partial charge in [0.05, 0.1) is 23.4 Å². The van der Waals surface area contributed by atoms with Crippen LogP contribution in [0.3, 0.4) is 0 Å². The van der Waals surface area contributed by atoms with Crippen molar-refractivity contribution in [3.8, 4) is 5.75 Å². The Labute approximate surface area is 105 Å². The highest BCUT2D eigenvalue weighted by atomic mass is 16.5. The van der Waals surface area contributed by atoms with E-state index in [0.717, 1.165) is 0 Å². The van der Waals surface area contributed by atoms with Crippen LogP contribution in [-0.2, 0) is 0 Å². The van der Waals surface area contributed by atoms with Gasteiger partial charge in [0.25, 0.3) is 0 Å². The van der Waals surface area contributed by atoms with Gasteiger partial charge in [-0.1, -0.05) is 12.1 Å². The van der Waals surface area contributed by atoms with Crippen molar-refractivity contribution in [1.82, 2.24) is 10.2 Å². The van der Waals surface area contributed by atoms with Crippen LogP contribution in [0.1, 0.15) is 29.8 Å². The lowest BCUT2D eigenvalue weighted by Gasteiger charge is -2.13. The summed E-state index contributed by atoms with van der Waals surface area (Å²) >= 11 is 0. The molecule has 0 aliphatic rings. The van der Waals surface area contributed by atoms with Gasteiger partial charge in [-0.2, -0.15) is 5.10 Å². The molecule has 1 heterocycles. The molecule has 3 N–H and O–H groups in total. The van der Waals surface area contributed by atoms with Crippen LogP contribution in [-0.4, -0.2) is 22.1 Å². The summed E-state index contributed by atoms with van der Waals surface area (Å²) in [4.78, 5) is 12.3. The molecule has 0 fully saturated rings. The van der Waals surface area contributed by atoms with E-state index in [-0.39, 0.29) is 17.7 Å². The van der Waals surface area contributed by atoms with E-state index in [1.54, 1.807) is 18.2 Å². The predicted octanol–water partition coefficient (Wildman–Crippen LogP) is 2.01. The fourth-order valence-electron chi connectivity index (χ4n) is 1.63. The van der Waals surface area contributed by atoms with Crippen molar-refractivity contribution < 1.29 is 9.53 Å². The smallest absolute Gasteiger partial charge is 0.202 e. The van der Waals surface area contributed by atoms with Crippen molar-refractivity contribution in [2.24, 2.45) is 0 Å². The van der Waals surface area contributed by atoms with Crippen LogP contribution >= 0.6 is 0 Å². The highest BCUT2D eigenvalue weighted by molar-refractivity contribution is 6.13. The van der Waals surface area contributed by atoms with Gasteiger partial charge in [0.1, 0.15) is 11.6 Å². The van der Waals surface area contributed by atoms with Crippen molar-refractivity contribution in [3.63, 3.8) is 0 Å². The van der Waals surface area contributed by atoms with Gasteiger partial charge in [-0.25, -0.2) is 0 Å². The standard InChI is InChI=1S/C13H15N3O2/c1-8(2)18-11-6-4-3-5-9(11)12(17)10-7-15-16-13(10)14/h3-8H,1-2H3,(H3,14,15,16). The molecule has 0 aliphatic heterocycles. The number of nitrogens with two attached hydrogens (primary N) is 1. The summed E-state index contributed by atoms with van der Waals surface area (Å²) in [6, 6.07) is 7.10. The van der Waals surface area contributed by atoms with Gasteiger partial charge in [0.2, 0.25) is 5.78 Å². The number of nitrogens with zero attached hydrogens (tertiary/aromatic N) is 1. The average molecular weight is 245 g/mol. The van der Waals surface area contributed by atoms with E-state index in [4.69, 9.17) is 10.5 Å². The molecule has 0 bridgehead atoms. The maximum absolute atomic E-state index is 12.3. The zero-order chi connectivity index (χ0) is 13.1. The Morgan fingerprint density at radius 1 is 1.33 bits per heavy atom. The van der Waals surface area contributed by atoms with Crippen molar-refractivity contribution >= 4 is 11.6 Å². The highest BCUT2D eigenvalue weighted by Crippen LogP contribution is 2.23. The monoisotopic (exact) mass is 245 g/mol. The first-order valence-electron chi connectivity index (χ1n) is 5.69. The van der Waals surface area contributed by atoms with E-state index in [9.17, 15) is 4.79 Å². The van der Waals surface area contributed by atoms with E-state index >= 15 is 0 Å². The third-order valence-electron chi connectivity index (χ3n) is 2.41. The normalized spacial score (nSPS) is 10.6. The Kier molecular flexibility index (Phi) is 3.32. The van der Waals surface area contributed by atoms with Gasteiger partial charge >= 0.3 is 0 Å². The number of rotatable bonds is 4. The fraction of sp³-hybridized carbons (Fsp3) is 0.231. The van der Waals surface area contributed by atoms with Gasteiger partial charge in [-0.05, 0) is 26.0 Å². The van der Waals surface area contributed by atoms with Crippen molar-refractivity contribution in [3.05, 3.63) is 41.6 Å². The second-order valence-electron chi connectivity index (χ2n) is 4.19. The molecule has 0 aliphatic carbocycles. The number of carbonyl (C=O) groups is 1. The third-order valence-corrected chi connectivity index (χ3v) is 2.41. The molecule has 94 valence electrons.